The maximum atomic E-state index is 12.5. The highest BCUT2D eigenvalue weighted by molar-refractivity contribution is 5.95. The van der Waals surface area contributed by atoms with Crippen molar-refractivity contribution in [1.29, 1.82) is 0 Å². The van der Waals surface area contributed by atoms with Crippen molar-refractivity contribution in [2.75, 3.05) is 5.32 Å². The van der Waals surface area contributed by atoms with E-state index in [4.69, 9.17) is 0 Å². The molecule has 2 aromatic carbocycles. The predicted molar refractivity (Wildman–Crippen MR) is 90.1 cm³/mol. The zero-order chi connectivity index (χ0) is 16.4. The number of aromatic hydroxyl groups is 1. The van der Waals surface area contributed by atoms with Gasteiger partial charge < -0.3 is 10.4 Å². The molecule has 1 aliphatic rings. The standard InChI is InChI=1S/C18H21N3O2/c1-11-6-5-8-14(12(11)2)19-18(23)16-10-15(20-21-16)13-7-3-4-9-17(13)22/h3-9,15-16,20-22H,10H2,1-2H3,(H,19,23). The number of phenols is 1. The van der Waals surface area contributed by atoms with Crippen molar-refractivity contribution in [2.24, 2.45) is 0 Å². The molecular formula is C18H21N3O2. The first-order valence-electron chi connectivity index (χ1n) is 7.72. The van der Waals surface area contributed by atoms with Crippen LogP contribution in [-0.4, -0.2) is 17.1 Å². The Kier molecular flexibility index (Phi) is 4.32. The second-order valence-electron chi connectivity index (χ2n) is 5.93. The number of phenolic OH excluding ortho intramolecular Hbond substituents is 1. The number of nitrogens with one attached hydrogen (secondary N) is 3. The van der Waals surface area contributed by atoms with Gasteiger partial charge in [-0.05, 0) is 43.5 Å². The van der Waals surface area contributed by atoms with Crippen molar-refractivity contribution >= 4 is 11.6 Å². The van der Waals surface area contributed by atoms with Crippen LogP contribution in [0.2, 0.25) is 0 Å². The van der Waals surface area contributed by atoms with Crippen molar-refractivity contribution < 1.29 is 9.90 Å². The lowest BCUT2D eigenvalue weighted by molar-refractivity contribution is -0.117. The molecule has 23 heavy (non-hydrogen) atoms. The van der Waals surface area contributed by atoms with Crippen LogP contribution in [0.3, 0.4) is 0 Å². The maximum absolute atomic E-state index is 12.5. The van der Waals surface area contributed by atoms with Crippen LogP contribution in [0.15, 0.2) is 42.5 Å². The minimum Gasteiger partial charge on any atom is -0.508 e. The number of anilines is 1. The third-order valence-corrected chi connectivity index (χ3v) is 4.39. The largest absolute Gasteiger partial charge is 0.508 e. The molecule has 120 valence electrons. The summed E-state index contributed by atoms with van der Waals surface area (Å²) in [6, 6.07) is 12.6. The van der Waals surface area contributed by atoms with Gasteiger partial charge in [0, 0.05) is 11.3 Å². The molecular weight excluding hydrogens is 290 g/mol. The van der Waals surface area contributed by atoms with E-state index in [1.54, 1.807) is 12.1 Å². The number of benzene rings is 2. The molecule has 0 bridgehead atoms. The lowest BCUT2D eigenvalue weighted by atomic mass is 10.0. The summed E-state index contributed by atoms with van der Waals surface area (Å²) in [4.78, 5) is 12.5. The van der Waals surface area contributed by atoms with E-state index >= 15 is 0 Å². The smallest absolute Gasteiger partial charge is 0.242 e. The molecule has 2 atom stereocenters. The Morgan fingerprint density at radius 3 is 2.70 bits per heavy atom. The Bertz CT molecular complexity index is 730. The summed E-state index contributed by atoms with van der Waals surface area (Å²) in [6.45, 7) is 4.02. The number of rotatable bonds is 3. The highest BCUT2D eigenvalue weighted by Crippen LogP contribution is 2.29. The fourth-order valence-electron chi connectivity index (χ4n) is 2.82. The van der Waals surface area contributed by atoms with Gasteiger partial charge in [0.05, 0.1) is 6.04 Å². The number of hydrogen-bond acceptors (Lipinski definition) is 4. The molecule has 2 aromatic rings. The minimum atomic E-state index is -0.348. The highest BCUT2D eigenvalue weighted by atomic mass is 16.3. The first kappa shape index (κ1) is 15.5. The molecule has 2 unspecified atom stereocenters. The van der Waals surface area contributed by atoms with Gasteiger partial charge in [0.15, 0.2) is 0 Å². The van der Waals surface area contributed by atoms with E-state index in [0.717, 1.165) is 22.4 Å². The summed E-state index contributed by atoms with van der Waals surface area (Å²) in [5.41, 5.74) is 9.95. The fourth-order valence-corrected chi connectivity index (χ4v) is 2.82. The van der Waals surface area contributed by atoms with Crippen LogP contribution in [0.4, 0.5) is 5.69 Å². The molecule has 5 heteroatoms. The van der Waals surface area contributed by atoms with Crippen LogP contribution in [0.5, 0.6) is 5.75 Å². The van der Waals surface area contributed by atoms with Gasteiger partial charge in [-0.3, -0.25) is 4.79 Å². The first-order valence-corrected chi connectivity index (χ1v) is 7.72. The highest BCUT2D eigenvalue weighted by Gasteiger charge is 2.31. The van der Waals surface area contributed by atoms with E-state index in [2.05, 4.69) is 16.2 Å². The van der Waals surface area contributed by atoms with Gasteiger partial charge in [0.2, 0.25) is 5.91 Å². The minimum absolute atomic E-state index is 0.0795. The van der Waals surface area contributed by atoms with E-state index in [-0.39, 0.29) is 23.7 Å². The van der Waals surface area contributed by atoms with E-state index in [1.165, 1.54) is 0 Å². The molecule has 1 saturated heterocycles. The molecule has 0 aliphatic carbocycles. The Morgan fingerprint density at radius 2 is 1.91 bits per heavy atom. The first-order chi connectivity index (χ1) is 11.1. The zero-order valence-corrected chi connectivity index (χ0v) is 13.3. The molecule has 3 rings (SSSR count). The van der Waals surface area contributed by atoms with Gasteiger partial charge in [-0.25, -0.2) is 10.9 Å². The molecule has 1 fully saturated rings. The van der Waals surface area contributed by atoms with Crippen LogP contribution >= 0.6 is 0 Å². The van der Waals surface area contributed by atoms with Gasteiger partial charge in [-0.2, -0.15) is 0 Å². The van der Waals surface area contributed by atoms with E-state index in [9.17, 15) is 9.90 Å². The normalized spacial score (nSPS) is 20.4. The van der Waals surface area contributed by atoms with Gasteiger partial charge in [0.25, 0.3) is 0 Å². The molecule has 0 aromatic heterocycles. The molecule has 0 saturated carbocycles. The topological polar surface area (TPSA) is 73.4 Å². The SMILES string of the molecule is Cc1cccc(NC(=O)C2CC(c3ccccc3O)NN2)c1C. The molecule has 0 radical (unpaired) electrons. The van der Waals surface area contributed by atoms with Gasteiger partial charge in [-0.1, -0.05) is 30.3 Å². The zero-order valence-electron chi connectivity index (χ0n) is 13.3. The molecule has 1 aliphatic heterocycles. The second-order valence-corrected chi connectivity index (χ2v) is 5.93. The van der Waals surface area contributed by atoms with Crippen LogP contribution in [0.1, 0.15) is 29.2 Å². The van der Waals surface area contributed by atoms with Crippen LogP contribution in [0.25, 0.3) is 0 Å². The molecule has 0 spiro atoms. The van der Waals surface area contributed by atoms with Crippen LogP contribution in [-0.2, 0) is 4.79 Å². The quantitative estimate of drug-likeness (QED) is 0.703. The molecule has 1 heterocycles. The van der Waals surface area contributed by atoms with E-state index in [1.807, 2.05) is 44.2 Å². The van der Waals surface area contributed by atoms with Crippen molar-refractivity contribution in [2.45, 2.75) is 32.4 Å². The number of carbonyl (C=O) groups excluding carboxylic acids is 1. The third-order valence-electron chi connectivity index (χ3n) is 4.39. The Balaban J connectivity index is 1.68. The second kappa shape index (κ2) is 6.40. The number of carbonyl (C=O) groups is 1. The maximum Gasteiger partial charge on any atom is 0.242 e. The fraction of sp³-hybridized carbons (Fsp3) is 0.278. The van der Waals surface area contributed by atoms with Gasteiger partial charge >= 0.3 is 0 Å². The van der Waals surface area contributed by atoms with Crippen molar-refractivity contribution in [3.05, 3.63) is 59.2 Å². The van der Waals surface area contributed by atoms with Crippen molar-refractivity contribution in [3.63, 3.8) is 0 Å². The Labute approximate surface area is 135 Å². The van der Waals surface area contributed by atoms with Crippen LogP contribution in [0, 0.1) is 13.8 Å². The Morgan fingerprint density at radius 1 is 1.13 bits per heavy atom. The predicted octanol–water partition coefficient (Wildman–Crippen LogP) is 2.56. The monoisotopic (exact) mass is 311 g/mol. The lowest BCUT2D eigenvalue weighted by Gasteiger charge is -2.14. The molecule has 5 nitrogen and oxygen atoms in total. The van der Waals surface area contributed by atoms with Crippen molar-refractivity contribution in [1.82, 2.24) is 10.9 Å². The molecule has 1 amide bonds. The average molecular weight is 311 g/mol. The van der Waals surface area contributed by atoms with Gasteiger partial charge in [0.1, 0.15) is 11.8 Å². The number of amides is 1. The Hall–Kier alpha value is -2.37. The summed E-state index contributed by atoms with van der Waals surface area (Å²) < 4.78 is 0. The van der Waals surface area contributed by atoms with E-state index < -0.39 is 0 Å². The third kappa shape index (κ3) is 3.21. The average Bonchev–Trinajstić information content (AvgIpc) is 3.02. The summed E-state index contributed by atoms with van der Waals surface area (Å²) in [5, 5.41) is 12.9. The van der Waals surface area contributed by atoms with Crippen LogP contribution < -0.4 is 16.2 Å². The summed E-state index contributed by atoms with van der Waals surface area (Å²) in [7, 11) is 0. The summed E-state index contributed by atoms with van der Waals surface area (Å²) in [6.07, 6.45) is 0.578. The number of para-hydroxylation sites is 1. The van der Waals surface area contributed by atoms with E-state index in [0.29, 0.717) is 6.42 Å². The number of hydrogen-bond donors (Lipinski definition) is 4. The summed E-state index contributed by atoms with van der Waals surface area (Å²) in [5.74, 6) is 0.159. The summed E-state index contributed by atoms with van der Waals surface area (Å²) >= 11 is 0. The van der Waals surface area contributed by atoms with Gasteiger partial charge in [-0.15, -0.1) is 0 Å². The number of aryl methyl sites for hydroxylation is 1. The lowest BCUT2D eigenvalue weighted by Crippen LogP contribution is -2.39. The van der Waals surface area contributed by atoms with Crippen molar-refractivity contribution in [3.8, 4) is 5.75 Å². The number of hydrazine groups is 1. The molecule has 4 N–H and O–H groups in total.